The van der Waals surface area contributed by atoms with Gasteiger partial charge >= 0.3 is 0 Å². The van der Waals surface area contributed by atoms with Crippen molar-refractivity contribution in [2.75, 3.05) is 18.5 Å². The Morgan fingerprint density at radius 1 is 1.18 bits per heavy atom. The highest BCUT2D eigenvalue weighted by molar-refractivity contribution is 5.66. The molecule has 0 radical (unpaired) electrons. The molecule has 17 heavy (non-hydrogen) atoms. The molecule has 0 aliphatic carbocycles. The summed E-state index contributed by atoms with van der Waals surface area (Å²) in [5.74, 6) is 0.882. The van der Waals surface area contributed by atoms with Crippen LogP contribution in [0.25, 0.3) is 5.52 Å². The number of hydrogen-bond donors (Lipinski definition) is 2. The Bertz CT molecular complexity index is 454. The topological polar surface area (TPSA) is 62.5 Å². The van der Waals surface area contributed by atoms with Crippen molar-refractivity contribution in [1.29, 1.82) is 0 Å². The van der Waals surface area contributed by atoms with E-state index in [9.17, 15) is 0 Å². The predicted octanol–water partition coefficient (Wildman–Crippen LogP) is 1.69. The van der Waals surface area contributed by atoms with Crippen LogP contribution in [-0.2, 0) is 0 Å². The number of unbranched alkanes of at least 4 members (excludes halogenated alkanes) is 3. The van der Waals surface area contributed by atoms with Gasteiger partial charge in [-0.1, -0.05) is 12.8 Å². The fourth-order valence-corrected chi connectivity index (χ4v) is 1.79. The van der Waals surface area contributed by atoms with Crippen LogP contribution in [0.3, 0.4) is 0 Å². The van der Waals surface area contributed by atoms with Crippen LogP contribution in [0.1, 0.15) is 25.7 Å². The second-order valence-electron chi connectivity index (χ2n) is 4.00. The second kappa shape index (κ2) is 6.20. The number of fused-ring (bicyclic) bond motifs is 1. The van der Waals surface area contributed by atoms with Gasteiger partial charge in [0, 0.05) is 25.5 Å². The van der Waals surface area contributed by atoms with Crippen molar-refractivity contribution in [3.63, 3.8) is 0 Å². The lowest BCUT2D eigenvalue weighted by Gasteiger charge is -2.06. The third-order valence-corrected chi connectivity index (χ3v) is 2.70. The molecule has 0 aliphatic heterocycles. The summed E-state index contributed by atoms with van der Waals surface area (Å²) < 4.78 is 1.81. The van der Waals surface area contributed by atoms with Crippen LogP contribution < -0.4 is 5.32 Å². The minimum atomic E-state index is 0.296. The minimum Gasteiger partial charge on any atom is -0.396 e. The van der Waals surface area contributed by atoms with Gasteiger partial charge in [0.25, 0.3) is 0 Å². The van der Waals surface area contributed by atoms with Gasteiger partial charge in [0.05, 0.1) is 6.20 Å². The van der Waals surface area contributed by atoms with E-state index in [1.165, 1.54) is 0 Å². The van der Waals surface area contributed by atoms with Crippen LogP contribution in [0.2, 0.25) is 0 Å². The van der Waals surface area contributed by atoms with E-state index in [2.05, 4.69) is 15.4 Å². The van der Waals surface area contributed by atoms with E-state index in [4.69, 9.17) is 5.11 Å². The molecule has 0 amide bonds. The fourth-order valence-electron chi connectivity index (χ4n) is 1.79. The van der Waals surface area contributed by atoms with Gasteiger partial charge in [-0.05, 0) is 18.9 Å². The zero-order valence-corrected chi connectivity index (χ0v) is 9.84. The Hall–Kier alpha value is -1.62. The molecule has 2 heterocycles. The van der Waals surface area contributed by atoms with Crippen LogP contribution in [0.15, 0.2) is 24.7 Å². The van der Waals surface area contributed by atoms with Crippen molar-refractivity contribution in [1.82, 2.24) is 14.6 Å². The molecule has 5 nitrogen and oxygen atoms in total. The van der Waals surface area contributed by atoms with Crippen LogP contribution in [0.5, 0.6) is 0 Å². The standard InChI is InChI=1S/C12H18N4O/c17-10-4-2-1-3-6-13-12-11-5-7-15-16(11)9-8-14-12/h5,7-9,17H,1-4,6,10H2,(H,13,14). The second-order valence-corrected chi connectivity index (χ2v) is 4.00. The Balaban J connectivity index is 1.80. The molecule has 92 valence electrons. The highest BCUT2D eigenvalue weighted by atomic mass is 16.2. The van der Waals surface area contributed by atoms with Gasteiger partial charge in [0.15, 0.2) is 5.82 Å². The Kier molecular flexibility index (Phi) is 4.32. The zero-order chi connectivity index (χ0) is 11.9. The van der Waals surface area contributed by atoms with Gasteiger partial charge in [0.2, 0.25) is 0 Å². The van der Waals surface area contributed by atoms with Crippen molar-refractivity contribution in [3.8, 4) is 0 Å². The van der Waals surface area contributed by atoms with E-state index < -0.39 is 0 Å². The van der Waals surface area contributed by atoms with E-state index in [-0.39, 0.29) is 0 Å². The maximum absolute atomic E-state index is 8.66. The predicted molar refractivity (Wildman–Crippen MR) is 67.0 cm³/mol. The van der Waals surface area contributed by atoms with Crippen molar-refractivity contribution in [3.05, 3.63) is 24.7 Å². The number of nitrogens with zero attached hydrogens (tertiary/aromatic N) is 3. The molecular weight excluding hydrogens is 216 g/mol. The number of hydrogen-bond acceptors (Lipinski definition) is 4. The molecule has 0 aromatic carbocycles. The molecule has 0 spiro atoms. The van der Waals surface area contributed by atoms with E-state index in [1.54, 1.807) is 16.9 Å². The van der Waals surface area contributed by atoms with Gasteiger partial charge in [0.1, 0.15) is 5.52 Å². The Labute approximate surface area is 100 Å². The summed E-state index contributed by atoms with van der Waals surface area (Å²) in [6.45, 7) is 1.20. The van der Waals surface area contributed by atoms with Crippen LogP contribution >= 0.6 is 0 Å². The molecule has 0 fully saturated rings. The average Bonchev–Trinajstić information content (AvgIpc) is 2.82. The Morgan fingerprint density at radius 3 is 2.94 bits per heavy atom. The SMILES string of the molecule is OCCCCCCNc1nccn2nccc12. The lowest BCUT2D eigenvalue weighted by Crippen LogP contribution is -2.05. The first kappa shape index (κ1) is 11.9. The third-order valence-electron chi connectivity index (χ3n) is 2.70. The third kappa shape index (κ3) is 3.17. The lowest BCUT2D eigenvalue weighted by molar-refractivity contribution is 0.283. The van der Waals surface area contributed by atoms with Gasteiger partial charge in [-0.2, -0.15) is 5.10 Å². The molecule has 0 saturated carbocycles. The molecule has 5 heteroatoms. The Morgan fingerprint density at radius 2 is 2.06 bits per heavy atom. The lowest BCUT2D eigenvalue weighted by atomic mass is 10.2. The minimum absolute atomic E-state index is 0.296. The summed E-state index contributed by atoms with van der Waals surface area (Å²) in [5.41, 5.74) is 1.00. The summed E-state index contributed by atoms with van der Waals surface area (Å²) >= 11 is 0. The molecule has 0 saturated heterocycles. The maximum Gasteiger partial charge on any atom is 0.152 e. The zero-order valence-electron chi connectivity index (χ0n) is 9.84. The first-order valence-electron chi connectivity index (χ1n) is 6.05. The summed E-state index contributed by atoms with van der Waals surface area (Å²) in [6.07, 6.45) is 9.56. The molecule has 0 aliphatic rings. The van der Waals surface area contributed by atoms with E-state index in [0.29, 0.717) is 6.61 Å². The number of anilines is 1. The fraction of sp³-hybridized carbons (Fsp3) is 0.500. The quantitative estimate of drug-likeness (QED) is 0.716. The van der Waals surface area contributed by atoms with Gasteiger partial charge in [-0.25, -0.2) is 9.50 Å². The molecule has 2 aromatic heterocycles. The van der Waals surface area contributed by atoms with Crippen LogP contribution in [0.4, 0.5) is 5.82 Å². The van der Waals surface area contributed by atoms with Gasteiger partial charge < -0.3 is 10.4 Å². The van der Waals surface area contributed by atoms with E-state index in [1.807, 2.05) is 12.3 Å². The van der Waals surface area contributed by atoms with Crippen molar-refractivity contribution < 1.29 is 5.11 Å². The van der Waals surface area contributed by atoms with Crippen molar-refractivity contribution in [2.24, 2.45) is 0 Å². The molecule has 0 atom stereocenters. The first-order chi connectivity index (χ1) is 8.42. The highest BCUT2D eigenvalue weighted by Gasteiger charge is 2.01. The average molecular weight is 234 g/mol. The monoisotopic (exact) mass is 234 g/mol. The van der Waals surface area contributed by atoms with E-state index >= 15 is 0 Å². The van der Waals surface area contributed by atoms with Crippen molar-refractivity contribution in [2.45, 2.75) is 25.7 Å². The summed E-state index contributed by atoms with van der Waals surface area (Å²) in [4.78, 5) is 4.30. The summed E-state index contributed by atoms with van der Waals surface area (Å²) in [7, 11) is 0. The van der Waals surface area contributed by atoms with Gasteiger partial charge in [-0.15, -0.1) is 0 Å². The van der Waals surface area contributed by atoms with E-state index in [0.717, 1.165) is 43.6 Å². The molecule has 2 aromatic rings. The summed E-state index contributed by atoms with van der Waals surface area (Å²) in [6, 6.07) is 1.95. The number of aromatic nitrogens is 3. The number of rotatable bonds is 7. The number of aliphatic hydroxyl groups is 1. The largest absolute Gasteiger partial charge is 0.396 e. The molecule has 0 bridgehead atoms. The highest BCUT2D eigenvalue weighted by Crippen LogP contribution is 2.12. The molecule has 2 rings (SSSR count). The number of nitrogens with one attached hydrogen (secondary N) is 1. The normalized spacial score (nSPS) is 10.9. The number of aliphatic hydroxyl groups excluding tert-OH is 1. The molecular formula is C12H18N4O. The summed E-state index contributed by atoms with van der Waals surface area (Å²) in [5, 5.41) is 16.1. The molecule has 2 N–H and O–H groups in total. The maximum atomic E-state index is 8.66. The first-order valence-corrected chi connectivity index (χ1v) is 6.05. The van der Waals surface area contributed by atoms with Crippen LogP contribution in [0, 0.1) is 0 Å². The van der Waals surface area contributed by atoms with Crippen LogP contribution in [-0.4, -0.2) is 32.9 Å². The smallest absolute Gasteiger partial charge is 0.152 e. The van der Waals surface area contributed by atoms with Gasteiger partial charge in [-0.3, -0.25) is 0 Å². The molecule has 0 unspecified atom stereocenters. The van der Waals surface area contributed by atoms with Crippen molar-refractivity contribution >= 4 is 11.3 Å².